The molecule has 3 rings (SSSR count). The third-order valence-corrected chi connectivity index (χ3v) is 5.40. The Bertz CT molecular complexity index is 601. The Labute approximate surface area is 149 Å². The minimum Gasteiger partial charge on any atom is -0.497 e. The number of benzene rings is 1. The Morgan fingerprint density at radius 3 is 2.00 bits per heavy atom. The summed E-state index contributed by atoms with van der Waals surface area (Å²) in [5.74, 6) is 1.15. The van der Waals surface area contributed by atoms with Crippen molar-refractivity contribution in [3.8, 4) is 5.75 Å². The molecule has 1 aromatic rings. The molecule has 2 aliphatic rings. The number of rotatable bonds is 6. The van der Waals surface area contributed by atoms with E-state index < -0.39 is 0 Å². The van der Waals surface area contributed by atoms with Gasteiger partial charge in [-0.2, -0.15) is 0 Å². The van der Waals surface area contributed by atoms with Crippen LogP contribution in [0, 0.1) is 5.92 Å². The number of carbonyl (C=O) groups is 2. The van der Waals surface area contributed by atoms with Crippen LogP contribution in [0.4, 0.5) is 0 Å². The maximum absolute atomic E-state index is 13.0. The third-order valence-electron chi connectivity index (χ3n) is 5.40. The predicted molar refractivity (Wildman–Crippen MR) is 94.6 cm³/mol. The van der Waals surface area contributed by atoms with Gasteiger partial charge in [0.2, 0.25) is 0 Å². The number of ether oxygens (including phenoxy) is 2. The van der Waals surface area contributed by atoms with Crippen molar-refractivity contribution in [3.63, 3.8) is 0 Å². The Balaban J connectivity index is 1.63. The second kappa shape index (κ2) is 7.89. The van der Waals surface area contributed by atoms with Crippen LogP contribution in [-0.4, -0.2) is 43.1 Å². The van der Waals surface area contributed by atoms with E-state index in [2.05, 4.69) is 4.90 Å². The molecule has 5 heteroatoms. The van der Waals surface area contributed by atoms with Crippen LogP contribution >= 0.6 is 0 Å². The van der Waals surface area contributed by atoms with Crippen LogP contribution in [-0.2, 0) is 9.53 Å². The maximum atomic E-state index is 13.0. The van der Waals surface area contributed by atoms with Crippen molar-refractivity contribution in [2.45, 2.75) is 57.0 Å². The first-order valence-corrected chi connectivity index (χ1v) is 9.16. The van der Waals surface area contributed by atoms with Gasteiger partial charge in [0.15, 0.2) is 0 Å². The minimum atomic E-state index is -0.128. The van der Waals surface area contributed by atoms with Crippen LogP contribution in [0.3, 0.4) is 0 Å². The van der Waals surface area contributed by atoms with Gasteiger partial charge in [-0.3, -0.25) is 9.59 Å². The van der Waals surface area contributed by atoms with E-state index in [-0.39, 0.29) is 17.9 Å². The Hall–Kier alpha value is -2.04. The van der Waals surface area contributed by atoms with Gasteiger partial charge >= 0.3 is 5.97 Å². The lowest BCUT2D eigenvalue weighted by Gasteiger charge is -2.37. The lowest BCUT2D eigenvalue weighted by Crippen LogP contribution is -2.44. The molecular formula is C20H27NO4. The van der Waals surface area contributed by atoms with Crippen LogP contribution in [0.2, 0.25) is 0 Å². The molecule has 136 valence electrons. The summed E-state index contributed by atoms with van der Waals surface area (Å²) in [6, 6.07) is 8.04. The average Bonchev–Trinajstić information content (AvgIpc) is 3.48. The quantitative estimate of drug-likeness (QED) is 0.741. The summed E-state index contributed by atoms with van der Waals surface area (Å²) < 4.78 is 9.95. The molecule has 2 fully saturated rings. The molecule has 25 heavy (non-hydrogen) atoms. The minimum absolute atomic E-state index is 0.126. The van der Waals surface area contributed by atoms with Crippen molar-refractivity contribution in [2.24, 2.45) is 5.92 Å². The fraction of sp³-hybridized carbons (Fsp3) is 0.600. The number of hydrogen-bond donors (Lipinski definition) is 0. The Morgan fingerprint density at radius 1 is 0.960 bits per heavy atom. The maximum Gasteiger partial charge on any atom is 0.305 e. The van der Waals surface area contributed by atoms with E-state index in [0.717, 1.165) is 49.8 Å². The molecule has 0 atom stereocenters. The standard InChI is InChI=1S/C20H27NO4/c1-24-18-11-5-15(6-12-18)20(23)21(17-9-10-17)16-7-3-14(4-8-16)13-19(22)25-2/h5-6,11-12,14,16-17H,3-4,7-10,13H2,1-2H3/t14-,16-. The molecule has 2 saturated carbocycles. The van der Waals surface area contributed by atoms with Crippen LogP contribution in [0.1, 0.15) is 55.3 Å². The molecule has 0 N–H and O–H groups in total. The Morgan fingerprint density at radius 2 is 1.52 bits per heavy atom. The molecule has 1 amide bonds. The molecule has 1 aromatic carbocycles. The zero-order valence-corrected chi connectivity index (χ0v) is 15.1. The number of carbonyl (C=O) groups excluding carboxylic acids is 2. The molecule has 0 aliphatic heterocycles. The van der Waals surface area contributed by atoms with E-state index >= 15 is 0 Å². The first-order chi connectivity index (χ1) is 12.1. The molecule has 0 heterocycles. The molecule has 0 radical (unpaired) electrons. The molecule has 2 aliphatic carbocycles. The van der Waals surface area contributed by atoms with Gasteiger partial charge in [0.1, 0.15) is 5.75 Å². The molecule has 0 bridgehead atoms. The fourth-order valence-corrected chi connectivity index (χ4v) is 3.81. The van der Waals surface area contributed by atoms with E-state index in [1.54, 1.807) is 7.11 Å². The van der Waals surface area contributed by atoms with Gasteiger partial charge in [0.05, 0.1) is 14.2 Å². The van der Waals surface area contributed by atoms with Gasteiger partial charge in [-0.1, -0.05) is 0 Å². The highest BCUT2D eigenvalue weighted by molar-refractivity contribution is 5.95. The van der Waals surface area contributed by atoms with Crippen molar-refractivity contribution >= 4 is 11.9 Å². The van der Waals surface area contributed by atoms with Crippen LogP contribution in [0.15, 0.2) is 24.3 Å². The summed E-state index contributed by atoms with van der Waals surface area (Å²) in [5, 5.41) is 0. The summed E-state index contributed by atoms with van der Waals surface area (Å²) >= 11 is 0. The zero-order chi connectivity index (χ0) is 17.8. The molecule has 0 spiro atoms. The second-order valence-corrected chi connectivity index (χ2v) is 7.13. The summed E-state index contributed by atoms with van der Waals surface area (Å²) in [7, 11) is 3.07. The van der Waals surface area contributed by atoms with Crippen LogP contribution in [0.25, 0.3) is 0 Å². The fourth-order valence-electron chi connectivity index (χ4n) is 3.81. The van der Waals surface area contributed by atoms with E-state index in [0.29, 0.717) is 18.4 Å². The second-order valence-electron chi connectivity index (χ2n) is 7.13. The molecule has 0 unspecified atom stereocenters. The SMILES string of the molecule is COC(=O)C[C@H]1CC[C@H](N(C(=O)c2ccc(OC)cc2)C2CC2)CC1. The monoisotopic (exact) mass is 345 g/mol. The van der Waals surface area contributed by atoms with E-state index in [1.165, 1.54) is 7.11 Å². The molecule has 0 saturated heterocycles. The number of amides is 1. The highest BCUT2D eigenvalue weighted by Crippen LogP contribution is 2.37. The highest BCUT2D eigenvalue weighted by Gasteiger charge is 2.39. The first-order valence-electron chi connectivity index (χ1n) is 9.16. The van der Waals surface area contributed by atoms with E-state index in [4.69, 9.17) is 9.47 Å². The van der Waals surface area contributed by atoms with Gasteiger partial charge in [0.25, 0.3) is 5.91 Å². The molecular weight excluding hydrogens is 318 g/mol. The third kappa shape index (κ3) is 4.33. The summed E-state index contributed by atoms with van der Waals surface area (Å²) in [6.07, 6.45) is 6.62. The van der Waals surface area contributed by atoms with Gasteiger partial charge in [-0.15, -0.1) is 0 Å². The molecule has 0 aromatic heterocycles. The lowest BCUT2D eigenvalue weighted by atomic mass is 9.83. The predicted octanol–water partition coefficient (Wildman–Crippen LogP) is 3.42. The van der Waals surface area contributed by atoms with E-state index in [9.17, 15) is 9.59 Å². The number of methoxy groups -OCH3 is 2. The number of esters is 1. The number of hydrogen-bond acceptors (Lipinski definition) is 4. The Kier molecular flexibility index (Phi) is 5.61. The van der Waals surface area contributed by atoms with Gasteiger partial charge in [-0.05, 0) is 68.7 Å². The molecule has 5 nitrogen and oxygen atoms in total. The van der Waals surface area contributed by atoms with Crippen LogP contribution in [0.5, 0.6) is 5.75 Å². The van der Waals surface area contributed by atoms with Crippen molar-refractivity contribution in [3.05, 3.63) is 29.8 Å². The topological polar surface area (TPSA) is 55.8 Å². The highest BCUT2D eigenvalue weighted by atomic mass is 16.5. The van der Waals surface area contributed by atoms with Crippen molar-refractivity contribution in [1.82, 2.24) is 4.90 Å². The van der Waals surface area contributed by atoms with Gasteiger partial charge in [-0.25, -0.2) is 0 Å². The smallest absolute Gasteiger partial charge is 0.305 e. The zero-order valence-electron chi connectivity index (χ0n) is 15.1. The first kappa shape index (κ1) is 17.8. The van der Waals surface area contributed by atoms with Gasteiger partial charge in [0, 0.05) is 24.1 Å². The summed E-state index contributed by atoms with van der Waals surface area (Å²) in [4.78, 5) is 26.6. The number of nitrogens with zero attached hydrogens (tertiary/aromatic N) is 1. The van der Waals surface area contributed by atoms with Gasteiger partial charge < -0.3 is 14.4 Å². The average molecular weight is 345 g/mol. The van der Waals surface area contributed by atoms with E-state index in [1.807, 2.05) is 24.3 Å². The largest absolute Gasteiger partial charge is 0.497 e. The van der Waals surface area contributed by atoms with Crippen LogP contribution < -0.4 is 4.74 Å². The van der Waals surface area contributed by atoms with Crippen molar-refractivity contribution in [1.29, 1.82) is 0 Å². The normalized spacial score (nSPS) is 23.0. The van der Waals surface area contributed by atoms with Crippen molar-refractivity contribution < 1.29 is 19.1 Å². The lowest BCUT2D eigenvalue weighted by molar-refractivity contribution is -0.142. The van der Waals surface area contributed by atoms with Crippen molar-refractivity contribution in [2.75, 3.05) is 14.2 Å². The summed E-state index contributed by atoms with van der Waals surface area (Å²) in [6.45, 7) is 0. The summed E-state index contributed by atoms with van der Waals surface area (Å²) in [5.41, 5.74) is 0.726.